The molecule has 1 aromatic heterocycles. The number of carbonyl (C=O) groups is 1. The van der Waals surface area contributed by atoms with Crippen molar-refractivity contribution in [3.05, 3.63) is 59.9 Å². The fourth-order valence-electron chi connectivity index (χ4n) is 3.74. The molecule has 1 heterocycles. The summed E-state index contributed by atoms with van der Waals surface area (Å²) in [5.41, 5.74) is 9.29. The number of hydrogen-bond acceptors (Lipinski definition) is 3. The zero-order chi connectivity index (χ0) is 17.5. The number of nitrogens with one attached hydrogen (secondary N) is 1. The fourth-order valence-corrected chi connectivity index (χ4v) is 3.74. The van der Waals surface area contributed by atoms with E-state index in [0.717, 1.165) is 24.9 Å². The van der Waals surface area contributed by atoms with Crippen LogP contribution in [0, 0.1) is 5.41 Å². The number of aromatic nitrogens is 1. The summed E-state index contributed by atoms with van der Waals surface area (Å²) in [5, 5.41) is 3.03. The number of hydrogen-bond donors (Lipinski definition) is 2. The van der Waals surface area contributed by atoms with Gasteiger partial charge in [0.25, 0.3) is 0 Å². The maximum atomic E-state index is 12.4. The van der Waals surface area contributed by atoms with Gasteiger partial charge in [-0.05, 0) is 66.6 Å². The van der Waals surface area contributed by atoms with Gasteiger partial charge in [0.1, 0.15) is 0 Å². The van der Waals surface area contributed by atoms with Crippen LogP contribution < -0.4 is 11.1 Å². The summed E-state index contributed by atoms with van der Waals surface area (Å²) in [5.74, 6) is 0.0780. The van der Waals surface area contributed by atoms with E-state index in [4.69, 9.17) is 5.73 Å². The van der Waals surface area contributed by atoms with Crippen molar-refractivity contribution in [3.8, 4) is 0 Å². The van der Waals surface area contributed by atoms with Gasteiger partial charge >= 0.3 is 0 Å². The average molecular weight is 410 g/mol. The highest BCUT2D eigenvalue weighted by Crippen LogP contribution is 2.38. The minimum atomic E-state index is 0. The number of pyridine rings is 1. The number of halogens is 2. The smallest absolute Gasteiger partial charge is 0.224 e. The molecule has 148 valence electrons. The van der Waals surface area contributed by atoms with E-state index in [1.165, 1.54) is 30.4 Å². The standard InChI is InChI=1S/C21H27N3O.2ClH/c22-16-21(10-2-1-3-11-21)15-20(25)24-19-6-4-17(5-7-19)14-18-8-12-23-13-9-18;;/h4-9,12-13H,1-3,10-11,14-16,22H2,(H,24,25);2*1H. The second kappa shape index (κ2) is 11.3. The first-order valence-corrected chi connectivity index (χ1v) is 9.17. The zero-order valence-corrected chi connectivity index (χ0v) is 17.2. The van der Waals surface area contributed by atoms with Crippen LogP contribution >= 0.6 is 24.8 Å². The van der Waals surface area contributed by atoms with Crippen LogP contribution in [0.4, 0.5) is 5.69 Å². The highest BCUT2D eigenvalue weighted by atomic mass is 35.5. The molecule has 4 nitrogen and oxygen atoms in total. The Morgan fingerprint density at radius 3 is 2.15 bits per heavy atom. The van der Waals surface area contributed by atoms with Gasteiger partial charge in [-0.2, -0.15) is 0 Å². The lowest BCUT2D eigenvalue weighted by molar-refractivity contribution is -0.118. The predicted molar refractivity (Wildman–Crippen MR) is 116 cm³/mol. The van der Waals surface area contributed by atoms with Gasteiger partial charge in [-0.25, -0.2) is 0 Å². The zero-order valence-electron chi connectivity index (χ0n) is 15.5. The molecule has 0 aliphatic heterocycles. The van der Waals surface area contributed by atoms with Crippen LogP contribution in [0.2, 0.25) is 0 Å². The van der Waals surface area contributed by atoms with Gasteiger partial charge in [0.2, 0.25) is 5.91 Å². The van der Waals surface area contributed by atoms with Crippen molar-refractivity contribution in [1.29, 1.82) is 0 Å². The van der Waals surface area contributed by atoms with Crippen LogP contribution in [0.5, 0.6) is 0 Å². The SMILES string of the molecule is Cl.Cl.NCC1(CC(=O)Nc2ccc(Cc3ccncc3)cc2)CCCCC1. The van der Waals surface area contributed by atoms with E-state index < -0.39 is 0 Å². The lowest BCUT2D eigenvalue weighted by atomic mass is 9.71. The molecule has 3 N–H and O–H groups in total. The quantitative estimate of drug-likeness (QED) is 0.722. The third-order valence-corrected chi connectivity index (χ3v) is 5.28. The molecule has 1 fully saturated rings. The van der Waals surface area contributed by atoms with Gasteiger partial charge in [0.15, 0.2) is 0 Å². The Labute approximate surface area is 174 Å². The second-order valence-electron chi connectivity index (χ2n) is 7.22. The lowest BCUT2D eigenvalue weighted by Gasteiger charge is -2.35. The predicted octanol–water partition coefficient (Wildman–Crippen LogP) is 4.75. The fraction of sp³-hybridized carbons (Fsp3) is 0.429. The van der Waals surface area contributed by atoms with Crippen LogP contribution in [0.25, 0.3) is 0 Å². The minimum Gasteiger partial charge on any atom is -0.330 e. The Morgan fingerprint density at radius 1 is 0.963 bits per heavy atom. The second-order valence-corrected chi connectivity index (χ2v) is 7.22. The first-order valence-electron chi connectivity index (χ1n) is 9.17. The maximum Gasteiger partial charge on any atom is 0.224 e. The molecular formula is C21H29Cl2N3O. The minimum absolute atomic E-state index is 0. The molecular weight excluding hydrogens is 381 g/mol. The van der Waals surface area contributed by atoms with Crippen molar-refractivity contribution in [2.45, 2.75) is 44.9 Å². The third kappa shape index (κ3) is 6.80. The summed E-state index contributed by atoms with van der Waals surface area (Å²) < 4.78 is 0. The van der Waals surface area contributed by atoms with Crippen LogP contribution in [-0.2, 0) is 11.2 Å². The number of amides is 1. The van der Waals surface area contributed by atoms with E-state index >= 15 is 0 Å². The molecule has 0 unspecified atom stereocenters. The van der Waals surface area contributed by atoms with Crippen LogP contribution in [0.15, 0.2) is 48.8 Å². The van der Waals surface area contributed by atoms with E-state index in [2.05, 4.69) is 22.4 Å². The molecule has 0 bridgehead atoms. The number of rotatable bonds is 6. The number of nitrogens with two attached hydrogens (primary N) is 1. The van der Waals surface area contributed by atoms with E-state index in [9.17, 15) is 4.79 Å². The molecule has 27 heavy (non-hydrogen) atoms. The Hall–Kier alpha value is -1.62. The van der Waals surface area contributed by atoms with E-state index in [1.807, 2.05) is 36.7 Å². The lowest BCUT2D eigenvalue weighted by Crippen LogP contribution is -2.36. The number of benzene rings is 1. The summed E-state index contributed by atoms with van der Waals surface area (Å²) in [6.45, 7) is 0.602. The van der Waals surface area contributed by atoms with Gasteiger partial charge in [-0.1, -0.05) is 31.4 Å². The van der Waals surface area contributed by atoms with Gasteiger partial charge in [0.05, 0.1) is 0 Å². The van der Waals surface area contributed by atoms with E-state index in [1.54, 1.807) is 0 Å². The van der Waals surface area contributed by atoms with Gasteiger partial charge in [-0.15, -0.1) is 24.8 Å². The van der Waals surface area contributed by atoms with Gasteiger partial charge in [-0.3, -0.25) is 9.78 Å². The Bertz CT molecular complexity index is 686. The van der Waals surface area contributed by atoms with Crippen molar-refractivity contribution in [2.75, 3.05) is 11.9 Å². The van der Waals surface area contributed by atoms with Crippen molar-refractivity contribution in [1.82, 2.24) is 4.98 Å². The highest BCUT2D eigenvalue weighted by Gasteiger charge is 2.32. The van der Waals surface area contributed by atoms with Crippen LogP contribution in [0.1, 0.15) is 49.7 Å². The van der Waals surface area contributed by atoms with Crippen molar-refractivity contribution >= 4 is 36.4 Å². The van der Waals surface area contributed by atoms with E-state index in [0.29, 0.717) is 13.0 Å². The van der Waals surface area contributed by atoms with Gasteiger partial charge in [0, 0.05) is 24.5 Å². The third-order valence-electron chi connectivity index (χ3n) is 5.28. The van der Waals surface area contributed by atoms with Crippen molar-refractivity contribution < 1.29 is 4.79 Å². The highest BCUT2D eigenvalue weighted by molar-refractivity contribution is 5.91. The summed E-state index contributed by atoms with van der Waals surface area (Å²) in [6, 6.07) is 12.1. The topological polar surface area (TPSA) is 68.0 Å². The molecule has 1 aliphatic rings. The summed E-state index contributed by atoms with van der Waals surface area (Å²) in [6.07, 6.45) is 10.8. The molecule has 0 radical (unpaired) electrons. The molecule has 0 spiro atoms. The molecule has 1 saturated carbocycles. The van der Waals surface area contributed by atoms with Crippen molar-refractivity contribution in [3.63, 3.8) is 0 Å². The van der Waals surface area contributed by atoms with Crippen molar-refractivity contribution in [2.24, 2.45) is 11.1 Å². The normalized spacial score (nSPS) is 15.1. The Balaban J connectivity index is 0.00000182. The first-order chi connectivity index (χ1) is 12.2. The maximum absolute atomic E-state index is 12.4. The Morgan fingerprint density at radius 2 is 1.56 bits per heavy atom. The molecule has 1 amide bonds. The molecule has 2 aromatic rings. The summed E-state index contributed by atoms with van der Waals surface area (Å²) in [7, 11) is 0. The molecule has 3 rings (SSSR count). The molecule has 0 atom stereocenters. The molecule has 1 aromatic carbocycles. The van der Waals surface area contributed by atoms with Crippen LogP contribution in [0.3, 0.4) is 0 Å². The van der Waals surface area contributed by atoms with Gasteiger partial charge < -0.3 is 11.1 Å². The monoisotopic (exact) mass is 409 g/mol. The summed E-state index contributed by atoms with van der Waals surface area (Å²) in [4.78, 5) is 16.5. The molecule has 6 heteroatoms. The van der Waals surface area contributed by atoms with E-state index in [-0.39, 0.29) is 36.1 Å². The number of carbonyl (C=O) groups excluding carboxylic acids is 1. The Kier molecular flexibility index (Phi) is 9.78. The number of nitrogens with zero attached hydrogens (tertiary/aromatic N) is 1. The first kappa shape index (κ1) is 23.4. The average Bonchev–Trinajstić information content (AvgIpc) is 2.65. The number of anilines is 1. The van der Waals surface area contributed by atoms with Crippen LogP contribution in [-0.4, -0.2) is 17.4 Å². The summed E-state index contributed by atoms with van der Waals surface area (Å²) >= 11 is 0. The molecule has 1 aliphatic carbocycles. The largest absolute Gasteiger partial charge is 0.330 e. The molecule has 0 saturated heterocycles.